The Morgan fingerprint density at radius 2 is 0.375 bits per heavy atom. The summed E-state index contributed by atoms with van der Waals surface area (Å²) in [6.45, 7) is 0. The van der Waals surface area contributed by atoms with Crippen LogP contribution in [0.1, 0.15) is 0 Å². The zero-order valence-corrected chi connectivity index (χ0v) is 13.1. The van der Waals surface area contributed by atoms with E-state index in [-0.39, 0.29) is 103 Å². The van der Waals surface area contributed by atoms with E-state index < -0.39 is 0 Å². The molecule has 0 bridgehead atoms. The number of hydrogen-bond acceptors (Lipinski definition) is 0. The molecule has 0 amide bonds. The van der Waals surface area contributed by atoms with Crippen molar-refractivity contribution < 1.29 is 27.4 Å². The molecular weight excluding hydrogens is 428 g/mol. The summed E-state index contributed by atoms with van der Waals surface area (Å²) < 4.78 is 0. The Labute approximate surface area is 102 Å². The molecular formula is In2O5Sn. The minimum Gasteiger partial charge on any atom is -2.00 e. The first kappa shape index (κ1) is 165. The van der Waals surface area contributed by atoms with Gasteiger partial charge in [0.05, 0.1) is 0 Å². The minimum absolute atomic E-state index is 0. The van der Waals surface area contributed by atoms with Gasteiger partial charge in [0.1, 0.15) is 0 Å². The standard InChI is InChI=1S/2In.5O.Sn/q2*+3;5*-2;+4. The van der Waals surface area contributed by atoms with E-state index in [0.29, 0.717) is 0 Å². The zero-order valence-electron chi connectivity index (χ0n) is 3.70. The molecule has 0 aliphatic heterocycles. The van der Waals surface area contributed by atoms with Gasteiger partial charge in [-0.1, -0.05) is 0 Å². The van der Waals surface area contributed by atoms with Crippen molar-refractivity contribution in [2.75, 3.05) is 0 Å². The second kappa shape index (κ2) is 119. The van der Waals surface area contributed by atoms with E-state index in [4.69, 9.17) is 0 Å². The SMILES string of the molecule is [In+3].[In+3].[O-2].[O-2].[O-2].[O-2].[O-2].[Sn+4]. The van der Waals surface area contributed by atoms with E-state index in [1.807, 2.05) is 0 Å². The summed E-state index contributed by atoms with van der Waals surface area (Å²) in [4.78, 5) is 0. The van der Waals surface area contributed by atoms with Gasteiger partial charge in [-0.25, -0.2) is 0 Å². The molecule has 0 aromatic heterocycles. The molecule has 0 spiro atoms. The second-order valence-corrected chi connectivity index (χ2v) is 0. The molecule has 0 aliphatic carbocycles. The monoisotopic (exact) mass is 430 g/mol. The summed E-state index contributed by atoms with van der Waals surface area (Å²) in [6, 6.07) is 0. The fraction of sp³-hybridized carbons (Fsp3) is 0. The molecule has 0 saturated carbocycles. The minimum atomic E-state index is 0. The molecule has 8 heavy (non-hydrogen) atoms. The smallest absolute Gasteiger partial charge is 2.00 e. The normalized spacial score (nSPS) is 0. The maximum atomic E-state index is 0. The van der Waals surface area contributed by atoms with Crippen LogP contribution in [0.3, 0.4) is 0 Å². The predicted molar refractivity (Wildman–Crippen MR) is 20.7 cm³/mol. The number of rotatable bonds is 0. The van der Waals surface area contributed by atoms with Gasteiger partial charge < -0.3 is 27.4 Å². The van der Waals surface area contributed by atoms with Gasteiger partial charge in [-0.3, -0.25) is 0 Å². The van der Waals surface area contributed by atoms with Crippen molar-refractivity contribution in [1.82, 2.24) is 0 Å². The van der Waals surface area contributed by atoms with Crippen LogP contribution < -0.4 is 0 Å². The van der Waals surface area contributed by atoms with Crippen LogP contribution in [-0.2, 0) is 27.4 Å². The van der Waals surface area contributed by atoms with Gasteiger partial charge in [0.25, 0.3) is 0 Å². The summed E-state index contributed by atoms with van der Waals surface area (Å²) in [5.41, 5.74) is 0. The van der Waals surface area contributed by atoms with Crippen LogP contribution in [0.25, 0.3) is 0 Å². The average molecular weight is 428 g/mol. The molecule has 0 rings (SSSR count). The van der Waals surface area contributed by atoms with Crippen molar-refractivity contribution in [2.24, 2.45) is 0 Å². The molecule has 0 aromatic carbocycles. The van der Waals surface area contributed by atoms with Crippen molar-refractivity contribution in [3.05, 3.63) is 0 Å². The fourth-order valence-electron chi connectivity index (χ4n) is 0. The fourth-order valence-corrected chi connectivity index (χ4v) is 0. The van der Waals surface area contributed by atoms with Crippen LogP contribution in [0.5, 0.6) is 0 Å². The molecule has 0 unspecified atom stereocenters. The van der Waals surface area contributed by atoms with Crippen LogP contribution in [0.2, 0.25) is 0 Å². The molecule has 5 nitrogen and oxygen atoms in total. The van der Waals surface area contributed by atoms with Crippen LogP contribution >= 0.6 is 0 Å². The Balaban J connectivity index is 0. The third-order valence-electron chi connectivity index (χ3n) is 0. The Kier molecular flexibility index (Phi) is 2450. The van der Waals surface area contributed by atoms with Gasteiger partial charge >= 0.3 is 75.6 Å². The largest absolute Gasteiger partial charge is 4.00 e. The number of hydrogen-bond donors (Lipinski definition) is 0. The molecule has 0 heterocycles. The van der Waals surface area contributed by atoms with E-state index in [1.54, 1.807) is 0 Å². The summed E-state index contributed by atoms with van der Waals surface area (Å²) in [5, 5.41) is 0. The third-order valence-corrected chi connectivity index (χ3v) is 0. The molecule has 0 saturated heterocycles. The summed E-state index contributed by atoms with van der Waals surface area (Å²) in [7, 11) is 0. The predicted octanol–water partition coefficient (Wildman–Crippen LogP) is -1.74. The third kappa shape index (κ3) is 82.1. The van der Waals surface area contributed by atoms with E-state index in [0.717, 1.165) is 0 Å². The van der Waals surface area contributed by atoms with Gasteiger partial charge in [-0.15, -0.1) is 0 Å². The first-order valence-corrected chi connectivity index (χ1v) is 0. The van der Waals surface area contributed by atoms with Gasteiger partial charge in [0.2, 0.25) is 0 Å². The van der Waals surface area contributed by atoms with E-state index in [2.05, 4.69) is 0 Å². The van der Waals surface area contributed by atoms with E-state index in [9.17, 15) is 0 Å². The maximum absolute atomic E-state index is 0. The molecule has 8 heteroatoms. The molecule has 0 radical (unpaired) electrons. The van der Waals surface area contributed by atoms with Crippen LogP contribution in [-0.4, -0.2) is 75.6 Å². The van der Waals surface area contributed by atoms with Crippen LogP contribution in [0.4, 0.5) is 0 Å². The molecule has 0 aliphatic rings. The van der Waals surface area contributed by atoms with E-state index >= 15 is 0 Å². The maximum Gasteiger partial charge on any atom is 4.00 e. The quantitative estimate of drug-likeness (QED) is 0.404. The van der Waals surface area contributed by atoms with Gasteiger partial charge in [-0.2, -0.15) is 0 Å². The van der Waals surface area contributed by atoms with Gasteiger partial charge in [0, 0.05) is 0 Å². The Morgan fingerprint density at radius 1 is 0.375 bits per heavy atom. The Bertz CT molecular complexity index is 10.4. The van der Waals surface area contributed by atoms with Crippen molar-refractivity contribution in [2.45, 2.75) is 0 Å². The van der Waals surface area contributed by atoms with Gasteiger partial charge in [0.15, 0.2) is 0 Å². The molecule has 0 atom stereocenters. The Morgan fingerprint density at radius 3 is 0.375 bits per heavy atom. The first-order valence-electron chi connectivity index (χ1n) is 0. The topological polar surface area (TPSA) is 142 Å². The molecule has 40 valence electrons. The zero-order chi connectivity index (χ0) is 0. The molecule has 0 fully saturated rings. The summed E-state index contributed by atoms with van der Waals surface area (Å²) in [6.07, 6.45) is 0. The molecule has 0 aromatic rings. The average Bonchev–Trinajstić information content (AvgIpc) is 0. The van der Waals surface area contributed by atoms with Crippen molar-refractivity contribution >= 4 is 75.6 Å². The van der Waals surface area contributed by atoms with Crippen LogP contribution in [0.15, 0.2) is 0 Å². The van der Waals surface area contributed by atoms with E-state index in [1.165, 1.54) is 0 Å². The summed E-state index contributed by atoms with van der Waals surface area (Å²) >= 11 is 0. The Hall–Kier alpha value is 2.34. The second-order valence-electron chi connectivity index (χ2n) is 0. The molecule has 0 N–H and O–H groups in total. The van der Waals surface area contributed by atoms with Crippen LogP contribution in [0, 0.1) is 0 Å². The van der Waals surface area contributed by atoms with Crippen molar-refractivity contribution in [1.29, 1.82) is 0 Å². The summed E-state index contributed by atoms with van der Waals surface area (Å²) in [5.74, 6) is 0. The van der Waals surface area contributed by atoms with Gasteiger partial charge in [-0.05, 0) is 0 Å². The first-order chi connectivity index (χ1) is 0. The van der Waals surface area contributed by atoms with Crippen molar-refractivity contribution in [3.8, 4) is 0 Å². The van der Waals surface area contributed by atoms with Crippen molar-refractivity contribution in [3.63, 3.8) is 0 Å².